The highest BCUT2D eigenvalue weighted by Crippen LogP contribution is 2.40. The molecular formula is C33H31ClN4O6. The first-order valence-electron chi connectivity index (χ1n) is 14.8. The number of rotatable bonds is 4. The first-order chi connectivity index (χ1) is 21.2. The van der Waals surface area contributed by atoms with Crippen molar-refractivity contribution in [2.24, 2.45) is 0 Å². The number of amides is 1. The summed E-state index contributed by atoms with van der Waals surface area (Å²) in [5, 5.41) is 12.7. The molecule has 0 spiro atoms. The maximum Gasteiger partial charge on any atom is 0.415 e. The van der Waals surface area contributed by atoms with E-state index in [1.54, 1.807) is 28.5 Å². The Hall–Kier alpha value is -4.41. The molecule has 0 radical (unpaired) electrons. The summed E-state index contributed by atoms with van der Waals surface area (Å²) in [6, 6.07) is 14.8. The molecular weight excluding hydrogens is 584 g/mol. The third-order valence-corrected chi connectivity index (χ3v) is 9.28. The Morgan fingerprint density at radius 1 is 1.07 bits per heavy atom. The van der Waals surface area contributed by atoms with Crippen LogP contribution in [0.5, 0.6) is 5.75 Å². The van der Waals surface area contributed by atoms with E-state index in [2.05, 4.69) is 4.90 Å². The van der Waals surface area contributed by atoms with E-state index in [-0.39, 0.29) is 29.7 Å². The zero-order valence-electron chi connectivity index (χ0n) is 24.4. The van der Waals surface area contributed by atoms with Gasteiger partial charge in [-0.3, -0.25) is 4.79 Å². The maximum absolute atomic E-state index is 13.6. The summed E-state index contributed by atoms with van der Waals surface area (Å²) in [6.07, 6.45) is 0.332. The van der Waals surface area contributed by atoms with Crippen molar-refractivity contribution in [3.63, 3.8) is 0 Å². The minimum atomic E-state index is -1.88. The summed E-state index contributed by atoms with van der Waals surface area (Å²) in [6.45, 7) is 6.23. The Morgan fingerprint density at radius 2 is 1.86 bits per heavy atom. The van der Waals surface area contributed by atoms with Crippen molar-refractivity contribution in [3.05, 3.63) is 86.2 Å². The van der Waals surface area contributed by atoms with Gasteiger partial charge >= 0.3 is 12.1 Å². The largest absolute Gasteiger partial charge is 0.458 e. The van der Waals surface area contributed by atoms with Crippen LogP contribution in [-0.4, -0.2) is 57.8 Å². The summed E-state index contributed by atoms with van der Waals surface area (Å²) >= 11 is 6.15. The molecule has 1 amide bonds. The number of hydrogen-bond acceptors (Lipinski definition) is 8. The zero-order chi connectivity index (χ0) is 30.7. The SMILES string of the molecule is CCc1c2c(nc3ccc(OC(=O)N4CCN(c5cccc(Cl)c5)CC4)cc13)-c1cc3c(c(=O)n1C2)COC(=O)[C@]3(O)CC. The standard InChI is InChI=1S/C33H31ClN4O6/c1-3-22-23-15-21(44-32(41)37-12-10-36(11-13-37)20-7-5-6-19(34)14-20)8-9-27(23)35-29-24(22)17-38-28(29)16-26-25(30(38)39)18-43-31(40)33(26,42)4-2/h5-9,14-16,42H,3-4,10-13,17-18H2,1-2H3/t33-/m0/s1. The van der Waals surface area contributed by atoms with Gasteiger partial charge in [0.1, 0.15) is 12.4 Å². The van der Waals surface area contributed by atoms with Gasteiger partial charge in [-0.25, -0.2) is 14.6 Å². The Balaban J connectivity index is 1.17. The number of anilines is 1. The fraction of sp³-hybridized carbons (Fsp3) is 0.333. The number of halogens is 1. The van der Waals surface area contributed by atoms with Crippen LogP contribution in [0.4, 0.5) is 10.5 Å². The summed E-state index contributed by atoms with van der Waals surface area (Å²) in [5.74, 6) is -0.330. The van der Waals surface area contributed by atoms with Gasteiger partial charge in [-0.05, 0) is 60.9 Å². The van der Waals surface area contributed by atoms with Crippen molar-refractivity contribution >= 4 is 40.3 Å². The third-order valence-electron chi connectivity index (χ3n) is 9.05. The quantitative estimate of drug-likeness (QED) is 0.292. The molecule has 5 heterocycles. The number of pyridine rings is 2. The lowest BCUT2D eigenvalue weighted by molar-refractivity contribution is -0.172. The van der Waals surface area contributed by atoms with Crippen molar-refractivity contribution in [3.8, 4) is 17.1 Å². The normalized spacial score (nSPS) is 19.0. The van der Waals surface area contributed by atoms with Crippen LogP contribution >= 0.6 is 11.6 Å². The predicted octanol–water partition coefficient (Wildman–Crippen LogP) is 4.62. The van der Waals surface area contributed by atoms with Crippen LogP contribution < -0.4 is 15.2 Å². The maximum atomic E-state index is 13.6. The molecule has 0 unspecified atom stereocenters. The van der Waals surface area contributed by atoms with E-state index in [1.165, 1.54) is 0 Å². The molecule has 11 heteroatoms. The number of hydrogen-bond donors (Lipinski definition) is 1. The Labute approximate surface area is 258 Å². The summed E-state index contributed by atoms with van der Waals surface area (Å²) < 4.78 is 12.6. The van der Waals surface area contributed by atoms with Crippen molar-refractivity contribution in [1.29, 1.82) is 0 Å². The number of esters is 1. The second kappa shape index (κ2) is 10.6. The third kappa shape index (κ3) is 4.43. The van der Waals surface area contributed by atoms with Gasteiger partial charge in [0.25, 0.3) is 5.56 Å². The van der Waals surface area contributed by atoms with E-state index in [1.807, 2.05) is 43.3 Å². The number of carbonyl (C=O) groups is 2. The van der Waals surface area contributed by atoms with Crippen LogP contribution in [0.15, 0.2) is 53.3 Å². The number of ether oxygens (including phenoxy) is 2. The van der Waals surface area contributed by atoms with Gasteiger partial charge < -0.3 is 28.9 Å². The second-order valence-electron chi connectivity index (χ2n) is 11.4. The van der Waals surface area contributed by atoms with Crippen molar-refractivity contribution in [1.82, 2.24) is 14.5 Å². The molecule has 1 atom stereocenters. The average Bonchev–Trinajstić information content (AvgIpc) is 3.40. The predicted molar refractivity (Wildman–Crippen MR) is 165 cm³/mol. The van der Waals surface area contributed by atoms with E-state index in [9.17, 15) is 19.5 Å². The molecule has 4 aromatic rings. The number of nitrogens with zero attached hydrogens (tertiary/aromatic N) is 4. The highest BCUT2D eigenvalue weighted by Gasteiger charge is 2.45. The molecule has 10 nitrogen and oxygen atoms in total. The van der Waals surface area contributed by atoms with Gasteiger partial charge in [0.2, 0.25) is 0 Å². The molecule has 1 saturated heterocycles. The van der Waals surface area contributed by atoms with Gasteiger partial charge in [-0.1, -0.05) is 31.5 Å². The first-order valence-corrected chi connectivity index (χ1v) is 15.2. The topological polar surface area (TPSA) is 114 Å². The minimum Gasteiger partial charge on any atom is -0.458 e. The molecule has 226 valence electrons. The molecule has 3 aliphatic heterocycles. The molecule has 0 bridgehead atoms. The number of carbonyl (C=O) groups excluding carboxylic acids is 2. The monoisotopic (exact) mass is 614 g/mol. The van der Waals surface area contributed by atoms with Crippen LogP contribution in [0.1, 0.15) is 42.5 Å². The molecule has 44 heavy (non-hydrogen) atoms. The van der Waals surface area contributed by atoms with Crippen molar-refractivity contribution in [2.45, 2.75) is 45.4 Å². The van der Waals surface area contributed by atoms with Crippen LogP contribution in [0, 0.1) is 0 Å². The molecule has 3 aliphatic rings. The fourth-order valence-electron chi connectivity index (χ4n) is 6.59. The molecule has 0 saturated carbocycles. The van der Waals surface area contributed by atoms with Gasteiger partial charge in [0.15, 0.2) is 5.60 Å². The van der Waals surface area contributed by atoms with Gasteiger partial charge in [-0.2, -0.15) is 0 Å². The number of aliphatic hydroxyl groups is 1. The first kappa shape index (κ1) is 28.4. The lowest BCUT2D eigenvalue weighted by Crippen LogP contribution is -2.49. The minimum absolute atomic E-state index is 0.0824. The van der Waals surface area contributed by atoms with Crippen LogP contribution in [0.25, 0.3) is 22.3 Å². The zero-order valence-corrected chi connectivity index (χ0v) is 25.2. The summed E-state index contributed by atoms with van der Waals surface area (Å²) in [4.78, 5) is 48.0. The molecule has 0 aliphatic carbocycles. The smallest absolute Gasteiger partial charge is 0.415 e. The molecule has 2 aromatic heterocycles. The van der Waals surface area contributed by atoms with E-state index in [4.69, 9.17) is 26.1 Å². The van der Waals surface area contributed by atoms with Gasteiger partial charge in [0.05, 0.1) is 29.0 Å². The molecule has 7 rings (SSSR count). The van der Waals surface area contributed by atoms with Crippen LogP contribution in [0.3, 0.4) is 0 Å². The van der Waals surface area contributed by atoms with Crippen LogP contribution in [0.2, 0.25) is 5.02 Å². The summed E-state index contributed by atoms with van der Waals surface area (Å²) in [5.41, 5.74) is 3.22. The summed E-state index contributed by atoms with van der Waals surface area (Å²) in [7, 11) is 0. The lowest BCUT2D eigenvalue weighted by Gasteiger charge is -2.35. The van der Waals surface area contributed by atoms with Gasteiger partial charge in [-0.15, -0.1) is 0 Å². The van der Waals surface area contributed by atoms with Crippen molar-refractivity contribution in [2.75, 3.05) is 31.1 Å². The number of cyclic esters (lactones) is 1. The highest BCUT2D eigenvalue weighted by molar-refractivity contribution is 6.30. The number of piperazine rings is 1. The Morgan fingerprint density at radius 3 is 2.59 bits per heavy atom. The van der Waals surface area contributed by atoms with Crippen molar-refractivity contribution < 1.29 is 24.2 Å². The Bertz CT molecular complexity index is 1920. The van der Waals surface area contributed by atoms with E-state index >= 15 is 0 Å². The van der Waals surface area contributed by atoms with E-state index < -0.39 is 17.7 Å². The Kier molecular flexibility index (Phi) is 6.86. The lowest BCUT2D eigenvalue weighted by atomic mass is 9.86. The van der Waals surface area contributed by atoms with Gasteiger partial charge in [0, 0.05) is 53.4 Å². The second-order valence-corrected chi connectivity index (χ2v) is 11.8. The van der Waals surface area contributed by atoms with E-state index in [0.29, 0.717) is 66.8 Å². The molecule has 2 aromatic carbocycles. The number of fused-ring (bicyclic) bond motifs is 5. The molecule has 1 fully saturated rings. The fourth-order valence-corrected chi connectivity index (χ4v) is 6.78. The van der Waals surface area contributed by atoms with E-state index in [0.717, 1.165) is 22.2 Å². The number of benzene rings is 2. The number of aromatic nitrogens is 2. The average molecular weight is 615 g/mol. The molecule has 1 N–H and O–H groups in total. The van der Waals surface area contributed by atoms with Crippen LogP contribution in [-0.2, 0) is 34.7 Å². The highest BCUT2D eigenvalue weighted by atomic mass is 35.5. The number of aryl methyl sites for hydroxylation is 1.